The van der Waals surface area contributed by atoms with Crippen LogP contribution < -0.4 is 31.4 Å². The lowest BCUT2D eigenvalue weighted by Gasteiger charge is -2.45. The van der Waals surface area contributed by atoms with Crippen LogP contribution in [0.3, 0.4) is 0 Å². The Bertz CT molecular complexity index is 2390. The van der Waals surface area contributed by atoms with Crippen LogP contribution in [0.5, 0.6) is 5.75 Å². The average Bonchev–Trinajstić information content (AvgIpc) is 3.46. The molecule has 1 aromatic heterocycles. The van der Waals surface area contributed by atoms with Crippen LogP contribution in [0.4, 0.5) is 10.2 Å². The summed E-state index contributed by atoms with van der Waals surface area (Å²) in [5.41, 5.74) is 12.3. The van der Waals surface area contributed by atoms with E-state index in [1.807, 2.05) is 99.6 Å². The van der Waals surface area contributed by atoms with Crippen LogP contribution in [-0.4, -0.2) is 60.6 Å². The number of benzene rings is 4. The number of carbonyl (C=O) groups is 1. The van der Waals surface area contributed by atoms with Gasteiger partial charge in [0.15, 0.2) is 12.4 Å². The van der Waals surface area contributed by atoms with Crippen LogP contribution in [0, 0.1) is 0 Å². The number of ether oxygens (including phenoxy) is 2. The van der Waals surface area contributed by atoms with Gasteiger partial charge in [-0.2, -0.15) is 10.1 Å². The van der Waals surface area contributed by atoms with Crippen LogP contribution in [0.2, 0.25) is 5.04 Å². The summed E-state index contributed by atoms with van der Waals surface area (Å²) >= 11 is 0. The zero-order valence-electron chi connectivity index (χ0n) is 33.5. The van der Waals surface area contributed by atoms with Gasteiger partial charge in [0.25, 0.3) is 8.32 Å². The number of azide groups is 1. The number of halogens is 1. The molecule has 4 aromatic carbocycles. The van der Waals surface area contributed by atoms with Gasteiger partial charge >= 0.3 is 19.4 Å². The highest BCUT2D eigenvalue weighted by Crippen LogP contribution is 2.51. The van der Waals surface area contributed by atoms with E-state index >= 15 is 4.39 Å². The number of anilines is 1. The molecule has 310 valence electrons. The molecule has 0 spiro atoms. The highest BCUT2D eigenvalue weighted by atomic mass is 31.2. The number of carbonyl (C=O) groups excluding carboxylic acids is 1. The number of alkyl halides is 1. The van der Waals surface area contributed by atoms with Crippen LogP contribution in [0.15, 0.2) is 125 Å². The van der Waals surface area contributed by atoms with Crippen LogP contribution in [0.25, 0.3) is 21.2 Å². The average molecular weight is 844 g/mol. The van der Waals surface area contributed by atoms with Gasteiger partial charge in [-0.3, -0.25) is 13.9 Å². The number of aromatic nitrogens is 2. The van der Waals surface area contributed by atoms with E-state index in [4.69, 9.17) is 28.7 Å². The summed E-state index contributed by atoms with van der Waals surface area (Å²) < 4.78 is 64.8. The van der Waals surface area contributed by atoms with Crippen molar-refractivity contribution in [1.29, 1.82) is 0 Å². The number of esters is 1. The first-order valence-electron chi connectivity index (χ1n) is 18.9. The molecule has 2 heterocycles. The summed E-state index contributed by atoms with van der Waals surface area (Å²) in [4.78, 5) is 33.3. The van der Waals surface area contributed by atoms with Crippen molar-refractivity contribution >= 4 is 49.0 Å². The Morgan fingerprint density at radius 1 is 1.02 bits per heavy atom. The molecule has 3 N–H and O–H groups in total. The van der Waals surface area contributed by atoms with Gasteiger partial charge in [0.1, 0.15) is 23.7 Å². The van der Waals surface area contributed by atoms with E-state index in [-0.39, 0.29) is 11.6 Å². The Morgan fingerprint density at radius 2 is 1.63 bits per heavy atom. The minimum Gasteiger partial charge on any atom is -0.462 e. The second-order valence-corrected chi connectivity index (χ2v) is 21.4. The van der Waals surface area contributed by atoms with Crippen molar-refractivity contribution in [2.24, 2.45) is 5.11 Å². The third kappa shape index (κ3) is 8.97. The van der Waals surface area contributed by atoms with Gasteiger partial charge in [-0.15, -0.1) is 0 Å². The second-order valence-electron chi connectivity index (χ2n) is 15.4. The largest absolute Gasteiger partial charge is 0.462 e. The van der Waals surface area contributed by atoms with Crippen molar-refractivity contribution in [1.82, 2.24) is 14.6 Å². The van der Waals surface area contributed by atoms with Crippen molar-refractivity contribution in [2.75, 3.05) is 12.3 Å². The molecule has 2 unspecified atom stereocenters. The topological polar surface area (TPSA) is 202 Å². The van der Waals surface area contributed by atoms with Crippen LogP contribution in [-0.2, 0) is 27.8 Å². The first-order chi connectivity index (χ1) is 28.0. The van der Waals surface area contributed by atoms with E-state index in [2.05, 4.69) is 20.1 Å². The second kappa shape index (κ2) is 17.5. The number of nitrogens with one attached hydrogen (secondary N) is 1. The molecule has 0 amide bonds. The SMILES string of the molecule is CC(C)OC(=O)[C@H](C)NP(=O)(OC[C@@]1(N=[N+]=[N-])OC(n2ccc(N)nc2=O)[C@H](O[Si](c2ccccc2)(c2ccccc2)C(C)(C)C)[C@@H]1F)Oc1cccc2ccccc12. The van der Waals surface area contributed by atoms with Gasteiger partial charge in [0.2, 0.25) is 5.72 Å². The molecule has 15 nitrogen and oxygen atoms in total. The molecule has 59 heavy (non-hydrogen) atoms. The van der Waals surface area contributed by atoms with Gasteiger partial charge in [-0.1, -0.05) is 123 Å². The first-order valence-corrected chi connectivity index (χ1v) is 22.4. The van der Waals surface area contributed by atoms with Gasteiger partial charge in [-0.25, -0.2) is 13.8 Å². The number of nitrogen functional groups attached to an aromatic ring is 1. The standard InChI is InChI=1S/C41H47FN7O8PSi/c1-27(2)54-38(50)28(3)46-58(52,56-33-23-15-17-29-16-13-14-22-32(29)33)53-26-41(47-48-44)36(42)35(37(55-41)49-25-24-34(43)45-39(49)51)57-59(40(4,5)6,30-18-9-7-10-19-30)31-20-11-8-12-21-31/h7-25,27-28,35-37H,26H2,1-6H3,(H,46,52)(H2,43,45,51)/t28-,35+,36-,37?,41+,58?/m0/s1. The first kappa shape index (κ1) is 43.2. The molecule has 6 rings (SSSR count). The zero-order chi connectivity index (χ0) is 42.6. The van der Waals surface area contributed by atoms with Crippen molar-refractivity contribution in [3.63, 3.8) is 0 Å². The lowest BCUT2D eigenvalue weighted by atomic mass is 10.1. The highest BCUT2D eigenvalue weighted by molar-refractivity contribution is 7.52. The predicted molar refractivity (Wildman–Crippen MR) is 224 cm³/mol. The molecule has 1 fully saturated rings. The Balaban J connectivity index is 1.47. The van der Waals surface area contributed by atoms with Gasteiger partial charge < -0.3 is 24.2 Å². The molecule has 0 aliphatic carbocycles. The van der Waals surface area contributed by atoms with E-state index in [0.29, 0.717) is 5.39 Å². The molecule has 0 radical (unpaired) electrons. The Kier molecular flexibility index (Phi) is 12.8. The van der Waals surface area contributed by atoms with Crippen molar-refractivity contribution in [3.8, 4) is 5.75 Å². The zero-order valence-corrected chi connectivity index (χ0v) is 35.4. The predicted octanol–water partition coefficient (Wildman–Crippen LogP) is 6.93. The fraction of sp³-hybridized carbons (Fsp3) is 0.341. The Hall–Kier alpha value is -5.38. The summed E-state index contributed by atoms with van der Waals surface area (Å²) in [6, 6.07) is 31.0. The molecule has 5 aromatic rings. The summed E-state index contributed by atoms with van der Waals surface area (Å²) in [6.07, 6.45) is -4.93. The minimum atomic E-state index is -4.75. The Labute approximate surface area is 342 Å². The fourth-order valence-corrected chi connectivity index (χ4v) is 13.4. The number of nitrogens with two attached hydrogens (primary N) is 1. The summed E-state index contributed by atoms with van der Waals surface area (Å²) in [7, 11) is -8.37. The van der Waals surface area contributed by atoms with E-state index in [9.17, 15) is 19.7 Å². The molecular weight excluding hydrogens is 797 g/mol. The molecule has 1 saturated heterocycles. The molecular formula is C41H47FN7O8PSi. The number of hydrogen-bond acceptors (Lipinski definition) is 11. The maximum absolute atomic E-state index is 18.0. The molecule has 0 saturated carbocycles. The summed E-state index contributed by atoms with van der Waals surface area (Å²) in [6.45, 7) is 9.60. The van der Waals surface area contributed by atoms with Crippen molar-refractivity contribution in [3.05, 3.63) is 136 Å². The third-order valence-corrected chi connectivity index (χ3v) is 16.5. The van der Waals surface area contributed by atoms with Gasteiger partial charge in [0.05, 0.1) is 12.7 Å². The van der Waals surface area contributed by atoms with Gasteiger partial charge in [-0.05, 0) is 59.2 Å². The summed E-state index contributed by atoms with van der Waals surface area (Å²) in [5.74, 6) is -0.766. The molecule has 1 aliphatic heterocycles. The number of hydrogen-bond donors (Lipinski definition) is 2. The molecule has 6 atom stereocenters. The minimum absolute atomic E-state index is 0.0992. The van der Waals surface area contributed by atoms with Crippen LogP contribution in [0.1, 0.15) is 47.8 Å². The maximum atomic E-state index is 18.0. The normalized spacial score (nSPS) is 21.1. The van der Waals surface area contributed by atoms with E-state index in [1.54, 1.807) is 38.1 Å². The fourth-order valence-electron chi connectivity index (χ4n) is 7.18. The number of rotatable bonds is 15. The number of fused-ring (bicyclic) bond motifs is 1. The monoisotopic (exact) mass is 843 g/mol. The maximum Gasteiger partial charge on any atom is 0.459 e. The summed E-state index contributed by atoms with van der Waals surface area (Å²) in [5, 5.41) is 8.57. The van der Waals surface area contributed by atoms with E-state index in [0.717, 1.165) is 20.3 Å². The Morgan fingerprint density at radius 3 is 2.22 bits per heavy atom. The molecule has 0 bridgehead atoms. The van der Waals surface area contributed by atoms with Crippen molar-refractivity contribution in [2.45, 2.75) is 83.0 Å². The molecule has 18 heteroatoms. The smallest absolute Gasteiger partial charge is 0.459 e. The van der Waals surface area contributed by atoms with E-state index in [1.165, 1.54) is 19.2 Å². The van der Waals surface area contributed by atoms with Gasteiger partial charge in [0, 0.05) is 16.5 Å². The quantitative estimate of drug-likeness (QED) is 0.0276. The van der Waals surface area contributed by atoms with Crippen LogP contribution >= 0.6 is 7.75 Å². The highest BCUT2D eigenvalue weighted by Gasteiger charge is 2.63. The lowest BCUT2D eigenvalue weighted by molar-refractivity contribution is -0.149. The third-order valence-electron chi connectivity index (χ3n) is 9.86. The van der Waals surface area contributed by atoms with Crippen molar-refractivity contribution < 1.29 is 36.7 Å². The van der Waals surface area contributed by atoms with E-state index < -0.39 is 75.7 Å². The molecule has 1 aliphatic rings. The lowest BCUT2D eigenvalue weighted by Crippen LogP contribution is -2.68. The number of nitrogens with zero attached hydrogens (tertiary/aromatic N) is 5.